The van der Waals surface area contributed by atoms with E-state index in [4.69, 9.17) is 10.00 Å². The van der Waals surface area contributed by atoms with Gasteiger partial charge in [-0.15, -0.1) is 0 Å². The molecule has 6 nitrogen and oxygen atoms in total. The van der Waals surface area contributed by atoms with Crippen LogP contribution in [0, 0.1) is 11.3 Å². The summed E-state index contributed by atoms with van der Waals surface area (Å²) in [7, 11) is 0. The van der Waals surface area contributed by atoms with Crippen LogP contribution in [0.25, 0.3) is 0 Å². The van der Waals surface area contributed by atoms with Gasteiger partial charge in [0.05, 0.1) is 17.7 Å². The maximum Gasteiger partial charge on any atom is 0.408 e. The highest BCUT2D eigenvalue weighted by Crippen LogP contribution is 2.18. The number of aliphatic carboxylic acids is 1. The van der Waals surface area contributed by atoms with Crippen LogP contribution in [-0.4, -0.2) is 17.7 Å². The van der Waals surface area contributed by atoms with Crippen LogP contribution in [0.4, 0.5) is 4.79 Å². The number of ether oxygens (including phenoxy) is 1. The molecule has 0 spiro atoms. The van der Waals surface area contributed by atoms with E-state index in [1.807, 2.05) is 6.07 Å². The highest BCUT2D eigenvalue weighted by atomic mass is 16.6. The standard InChI is InChI=1S/C15H18N2O4/c1-15(2,3)21-14(20)17-12(8-13(18)19)11-6-4-10(9-16)5-7-11/h4-7,12H,8H2,1-3H3,(H,17,20)(H,18,19)/p-1/t12-/m0/s1. The minimum atomic E-state index is -1.29. The third-order valence-corrected chi connectivity index (χ3v) is 2.50. The number of nitrogens with zero attached hydrogens (tertiary/aromatic N) is 1. The van der Waals surface area contributed by atoms with Gasteiger partial charge in [-0.2, -0.15) is 5.26 Å². The van der Waals surface area contributed by atoms with Crippen LogP contribution < -0.4 is 10.4 Å². The second kappa shape index (κ2) is 6.75. The Kier molecular flexibility index (Phi) is 5.30. The smallest absolute Gasteiger partial charge is 0.408 e. The first-order valence-corrected chi connectivity index (χ1v) is 6.40. The van der Waals surface area contributed by atoms with Gasteiger partial charge >= 0.3 is 6.09 Å². The van der Waals surface area contributed by atoms with Crippen LogP contribution in [0.2, 0.25) is 0 Å². The van der Waals surface area contributed by atoms with E-state index in [0.29, 0.717) is 11.1 Å². The zero-order valence-corrected chi connectivity index (χ0v) is 12.2. The normalized spacial score (nSPS) is 12.1. The first kappa shape index (κ1) is 16.5. The quantitative estimate of drug-likeness (QED) is 0.899. The average Bonchev–Trinajstić information content (AvgIpc) is 2.35. The van der Waals surface area contributed by atoms with Gasteiger partial charge in [0.15, 0.2) is 0 Å². The first-order chi connectivity index (χ1) is 9.71. The van der Waals surface area contributed by atoms with E-state index in [1.54, 1.807) is 45.0 Å². The number of hydrogen-bond acceptors (Lipinski definition) is 5. The third-order valence-electron chi connectivity index (χ3n) is 2.50. The Morgan fingerprint density at radius 2 is 1.90 bits per heavy atom. The summed E-state index contributed by atoms with van der Waals surface area (Å²) in [5, 5.41) is 22.1. The Balaban J connectivity index is 2.87. The predicted molar refractivity (Wildman–Crippen MR) is 72.9 cm³/mol. The Hall–Kier alpha value is -2.55. The van der Waals surface area contributed by atoms with Crippen molar-refractivity contribution in [3.63, 3.8) is 0 Å². The van der Waals surface area contributed by atoms with E-state index >= 15 is 0 Å². The zero-order valence-electron chi connectivity index (χ0n) is 12.2. The molecule has 1 N–H and O–H groups in total. The number of carbonyl (C=O) groups excluding carboxylic acids is 2. The Morgan fingerprint density at radius 1 is 1.33 bits per heavy atom. The van der Waals surface area contributed by atoms with Crippen molar-refractivity contribution in [1.29, 1.82) is 5.26 Å². The molecule has 6 heteroatoms. The van der Waals surface area contributed by atoms with Gasteiger partial charge in [0.2, 0.25) is 0 Å². The third kappa shape index (κ3) is 5.95. The summed E-state index contributed by atoms with van der Waals surface area (Å²) in [4.78, 5) is 22.6. The molecule has 1 aromatic rings. The number of rotatable bonds is 4. The number of amides is 1. The Morgan fingerprint density at radius 3 is 2.33 bits per heavy atom. The highest BCUT2D eigenvalue weighted by Gasteiger charge is 2.20. The molecule has 0 aliphatic carbocycles. The van der Waals surface area contributed by atoms with Crippen molar-refractivity contribution in [3.8, 4) is 6.07 Å². The van der Waals surface area contributed by atoms with E-state index < -0.39 is 23.7 Å². The first-order valence-electron chi connectivity index (χ1n) is 6.40. The van der Waals surface area contributed by atoms with Gasteiger partial charge in [-0.25, -0.2) is 4.79 Å². The minimum absolute atomic E-state index is 0.384. The number of carbonyl (C=O) groups is 2. The van der Waals surface area contributed by atoms with Gasteiger partial charge in [0.25, 0.3) is 0 Å². The average molecular weight is 289 g/mol. The number of carboxylic acids is 1. The number of benzene rings is 1. The number of alkyl carbamates (subject to hydrolysis) is 1. The Labute approximate surface area is 123 Å². The van der Waals surface area contributed by atoms with Gasteiger partial charge < -0.3 is 20.0 Å². The molecular weight excluding hydrogens is 272 g/mol. The lowest BCUT2D eigenvalue weighted by atomic mass is 10.0. The fourth-order valence-corrected chi connectivity index (χ4v) is 1.66. The van der Waals surface area contributed by atoms with Gasteiger partial charge in [-0.1, -0.05) is 12.1 Å². The molecular formula is C15H17N2O4-. The molecule has 0 fully saturated rings. The summed E-state index contributed by atoms with van der Waals surface area (Å²) in [5.41, 5.74) is 0.327. The molecule has 0 saturated heterocycles. The molecule has 1 atom stereocenters. The molecule has 21 heavy (non-hydrogen) atoms. The molecule has 0 unspecified atom stereocenters. The van der Waals surface area contributed by atoms with E-state index in [9.17, 15) is 14.7 Å². The number of carboxylic acid groups (broad SMARTS) is 1. The van der Waals surface area contributed by atoms with E-state index in [-0.39, 0.29) is 6.42 Å². The summed E-state index contributed by atoms with van der Waals surface area (Å²) >= 11 is 0. The summed E-state index contributed by atoms with van der Waals surface area (Å²) in [6.07, 6.45) is -1.09. The van der Waals surface area contributed by atoms with E-state index in [1.165, 1.54) is 0 Å². The summed E-state index contributed by atoms with van der Waals surface area (Å²) in [6, 6.07) is 7.46. The lowest BCUT2D eigenvalue weighted by molar-refractivity contribution is -0.306. The number of nitriles is 1. The molecule has 0 aromatic heterocycles. The van der Waals surface area contributed by atoms with Crippen LogP contribution in [0.5, 0.6) is 0 Å². The van der Waals surface area contributed by atoms with Crippen molar-refractivity contribution in [3.05, 3.63) is 35.4 Å². The molecule has 112 valence electrons. The van der Waals surface area contributed by atoms with Gasteiger partial charge in [-0.3, -0.25) is 0 Å². The van der Waals surface area contributed by atoms with Gasteiger partial charge in [0, 0.05) is 12.4 Å². The topological polar surface area (TPSA) is 102 Å². The SMILES string of the molecule is CC(C)(C)OC(=O)N[C@@H](CC(=O)[O-])c1ccc(C#N)cc1. The van der Waals surface area contributed by atoms with Crippen molar-refractivity contribution in [2.45, 2.75) is 38.8 Å². The second-order valence-corrected chi connectivity index (χ2v) is 5.51. The number of hydrogen-bond donors (Lipinski definition) is 1. The Bertz CT molecular complexity index is 553. The summed E-state index contributed by atoms with van der Waals surface area (Å²) < 4.78 is 5.10. The zero-order chi connectivity index (χ0) is 16.0. The van der Waals surface area contributed by atoms with E-state index in [0.717, 1.165) is 0 Å². The molecule has 0 radical (unpaired) electrons. The van der Waals surface area contributed by atoms with Crippen LogP contribution >= 0.6 is 0 Å². The minimum Gasteiger partial charge on any atom is -0.550 e. The molecule has 1 rings (SSSR count). The fourth-order valence-electron chi connectivity index (χ4n) is 1.66. The van der Waals surface area contributed by atoms with Gasteiger partial charge in [0.1, 0.15) is 5.60 Å². The summed E-state index contributed by atoms with van der Waals surface area (Å²) in [6.45, 7) is 5.13. The van der Waals surface area contributed by atoms with Crippen molar-refractivity contribution in [1.82, 2.24) is 5.32 Å². The lowest BCUT2D eigenvalue weighted by Gasteiger charge is -2.24. The molecule has 0 aliphatic rings. The summed E-state index contributed by atoms with van der Waals surface area (Å²) in [5.74, 6) is -1.29. The maximum atomic E-state index is 11.7. The second-order valence-electron chi connectivity index (χ2n) is 5.51. The highest BCUT2D eigenvalue weighted by molar-refractivity contribution is 5.71. The molecule has 0 heterocycles. The van der Waals surface area contributed by atoms with Crippen molar-refractivity contribution in [2.75, 3.05) is 0 Å². The molecule has 0 saturated carbocycles. The molecule has 0 bridgehead atoms. The molecule has 1 amide bonds. The largest absolute Gasteiger partial charge is 0.550 e. The fraction of sp³-hybridized carbons (Fsp3) is 0.400. The monoisotopic (exact) mass is 289 g/mol. The maximum absolute atomic E-state index is 11.7. The van der Waals surface area contributed by atoms with Crippen molar-refractivity contribution in [2.24, 2.45) is 0 Å². The van der Waals surface area contributed by atoms with E-state index in [2.05, 4.69) is 5.32 Å². The van der Waals surface area contributed by atoms with Gasteiger partial charge in [-0.05, 0) is 38.5 Å². The predicted octanol–water partition coefficient (Wildman–Crippen LogP) is 1.26. The van der Waals surface area contributed by atoms with Crippen molar-refractivity contribution >= 4 is 12.1 Å². The van der Waals surface area contributed by atoms with Crippen LogP contribution in [0.15, 0.2) is 24.3 Å². The molecule has 1 aromatic carbocycles. The van der Waals surface area contributed by atoms with Crippen molar-refractivity contribution < 1.29 is 19.4 Å². The number of nitrogens with one attached hydrogen (secondary N) is 1. The van der Waals surface area contributed by atoms with Crippen LogP contribution in [-0.2, 0) is 9.53 Å². The molecule has 0 aliphatic heterocycles. The van der Waals surface area contributed by atoms with Crippen LogP contribution in [0.3, 0.4) is 0 Å². The lowest BCUT2D eigenvalue weighted by Crippen LogP contribution is -2.37. The van der Waals surface area contributed by atoms with Crippen LogP contribution in [0.1, 0.15) is 44.4 Å².